The van der Waals surface area contributed by atoms with Crippen LogP contribution in [0.3, 0.4) is 0 Å². The van der Waals surface area contributed by atoms with Crippen molar-refractivity contribution in [2.75, 3.05) is 52.7 Å². The van der Waals surface area contributed by atoms with E-state index in [-0.39, 0.29) is 49.1 Å². The molecule has 0 fully saturated rings. The van der Waals surface area contributed by atoms with Crippen LogP contribution in [0.5, 0.6) is 11.5 Å². The van der Waals surface area contributed by atoms with Crippen LogP contribution in [0, 0.1) is 32.1 Å². The second-order valence-corrected chi connectivity index (χ2v) is 16.4. The number of nitro benzene ring substituents is 2. The summed E-state index contributed by atoms with van der Waals surface area (Å²) in [5.41, 5.74) is 2.15. The minimum Gasteiger partial charge on any atom is -0.446 e. The van der Waals surface area contributed by atoms with Crippen molar-refractivity contribution in [1.82, 2.24) is 18.5 Å². The summed E-state index contributed by atoms with van der Waals surface area (Å²) in [5, 5.41) is 21.7. The van der Waals surface area contributed by atoms with Gasteiger partial charge in [0.1, 0.15) is 37.4 Å². The number of fused-ring (bicyclic) bond motifs is 2. The lowest BCUT2D eigenvalue weighted by Gasteiger charge is -2.22. The van der Waals surface area contributed by atoms with E-state index in [2.05, 4.69) is 16.6 Å². The lowest BCUT2D eigenvalue weighted by molar-refractivity contribution is -0.385. The van der Waals surface area contributed by atoms with E-state index >= 15 is 0 Å². The van der Waals surface area contributed by atoms with Gasteiger partial charge in [-0.25, -0.2) is 28.6 Å². The summed E-state index contributed by atoms with van der Waals surface area (Å²) >= 11 is 0. The molecular weight excluding hydrogens is 933 g/mol. The molecule has 1 aliphatic carbocycles. The number of nitrogens with zero attached hydrogens (tertiary/aromatic N) is 3. The standard InChI is InChI=1S/C40H38N6O19S2/c47-37(60-26-25-59-22-19-41-66(55,56)42-38(48)65-36-27-30-7-2-1-5-28(30)9-10-29-6-3-4-8-35(29)36)43-67(57,58)44(20-23-61-39(49)63-33-15-11-31(12-16-33)45(51)52)21-24-62-40(50)64-34-17-13-32(14-18-34)46(53)54/h1-8,11-18,36,41H,19-27H2,(H,42,48)(H,43,47). The molecule has 1 atom stereocenters. The molecule has 2 amide bonds. The Morgan fingerprint density at radius 1 is 0.642 bits per heavy atom. The molecule has 0 aliphatic heterocycles. The summed E-state index contributed by atoms with van der Waals surface area (Å²) in [6.45, 7) is -4.26. The van der Waals surface area contributed by atoms with Crippen molar-refractivity contribution in [2.45, 2.75) is 12.5 Å². The normalized spacial score (nSPS) is 12.8. The van der Waals surface area contributed by atoms with Gasteiger partial charge in [0, 0.05) is 67.0 Å². The number of benzene rings is 4. The second kappa shape index (κ2) is 23.9. The molecule has 0 heterocycles. The average Bonchev–Trinajstić information content (AvgIpc) is 3.27. The minimum atomic E-state index is -4.83. The largest absolute Gasteiger partial charge is 0.513 e. The maximum absolute atomic E-state index is 13.2. The number of amides is 2. The Labute approximate surface area is 380 Å². The van der Waals surface area contributed by atoms with Gasteiger partial charge in [-0.1, -0.05) is 48.2 Å². The van der Waals surface area contributed by atoms with E-state index in [4.69, 9.17) is 33.2 Å². The van der Waals surface area contributed by atoms with E-state index in [9.17, 15) is 56.2 Å². The number of carbonyl (C=O) groups is 4. The molecule has 1 unspecified atom stereocenters. The molecule has 0 spiro atoms. The Kier molecular flexibility index (Phi) is 17.8. The Hall–Kier alpha value is -7.90. The van der Waals surface area contributed by atoms with Gasteiger partial charge in [-0.05, 0) is 42.0 Å². The molecule has 0 saturated heterocycles. The van der Waals surface area contributed by atoms with E-state index in [1.807, 2.05) is 18.2 Å². The van der Waals surface area contributed by atoms with Crippen LogP contribution < -0.4 is 23.6 Å². The van der Waals surface area contributed by atoms with Crippen molar-refractivity contribution in [3.63, 3.8) is 0 Å². The highest BCUT2D eigenvalue weighted by Crippen LogP contribution is 2.28. The summed E-state index contributed by atoms with van der Waals surface area (Å²) in [6, 6.07) is 22.9. The first-order chi connectivity index (χ1) is 32.0. The first-order valence-electron chi connectivity index (χ1n) is 19.4. The van der Waals surface area contributed by atoms with Crippen LogP contribution in [-0.2, 0) is 50.5 Å². The molecule has 0 aromatic heterocycles. The number of rotatable bonds is 21. The molecule has 27 heteroatoms. The van der Waals surface area contributed by atoms with E-state index in [1.54, 1.807) is 39.8 Å². The summed E-state index contributed by atoms with van der Waals surface area (Å²) in [5.74, 6) is 5.87. The number of hydrogen-bond donors (Lipinski definition) is 3. The Balaban J connectivity index is 1.05. The molecule has 354 valence electrons. The van der Waals surface area contributed by atoms with Crippen molar-refractivity contribution < 1.29 is 79.0 Å². The van der Waals surface area contributed by atoms with Gasteiger partial charge < -0.3 is 33.2 Å². The maximum Gasteiger partial charge on any atom is 0.513 e. The highest BCUT2D eigenvalue weighted by Gasteiger charge is 2.27. The van der Waals surface area contributed by atoms with Crippen LogP contribution in [0.4, 0.5) is 30.6 Å². The van der Waals surface area contributed by atoms with Gasteiger partial charge in [-0.15, -0.1) is 0 Å². The van der Waals surface area contributed by atoms with E-state index in [0.717, 1.165) is 59.7 Å². The third kappa shape index (κ3) is 16.2. The quantitative estimate of drug-likeness (QED) is 0.0203. The fraction of sp³-hybridized carbons (Fsp3) is 0.250. The maximum atomic E-state index is 13.2. The number of nitro groups is 2. The zero-order chi connectivity index (χ0) is 48.4. The summed E-state index contributed by atoms with van der Waals surface area (Å²) in [7, 11) is -9.27. The lowest BCUT2D eigenvalue weighted by Crippen LogP contribution is -2.46. The first-order valence-corrected chi connectivity index (χ1v) is 22.3. The van der Waals surface area contributed by atoms with Gasteiger partial charge in [0.25, 0.3) is 11.4 Å². The van der Waals surface area contributed by atoms with E-state index < -0.39 is 93.8 Å². The van der Waals surface area contributed by atoms with Gasteiger partial charge >= 0.3 is 44.9 Å². The first kappa shape index (κ1) is 50.1. The Bertz CT molecular complexity index is 2650. The van der Waals surface area contributed by atoms with Gasteiger partial charge in [0.2, 0.25) is 0 Å². The fourth-order valence-corrected chi connectivity index (χ4v) is 7.36. The van der Waals surface area contributed by atoms with Crippen molar-refractivity contribution in [2.24, 2.45) is 0 Å². The van der Waals surface area contributed by atoms with Gasteiger partial charge in [0.15, 0.2) is 0 Å². The van der Waals surface area contributed by atoms with Crippen molar-refractivity contribution in [3.8, 4) is 23.3 Å². The summed E-state index contributed by atoms with van der Waals surface area (Å²) in [4.78, 5) is 70.0. The third-order valence-corrected chi connectivity index (χ3v) is 11.2. The molecule has 4 aromatic rings. The molecule has 25 nitrogen and oxygen atoms in total. The molecule has 0 saturated carbocycles. The molecule has 1 aliphatic rings. The molecule has 4 aromatic carbocycles. The monoisotopic (exact) mass is 970 g/mol. The van der Waals surface area contributed by atoms with E-state index in [0.29, 0.717) is 15.4 Å². The van der Waals surface area contributed by atoms with E-state index in [1.165, 1.54) is 0 Å². The van der Waals surface area contributed by atoms with Gasteiger partial charge in [-0.3, -0.25) is 20.2 Å². The fourth-order valence-electron chi connectivity index (χ4n) is 5.64. The van der Waals surface area contributed by atoms with Crippen LogP contribution >= 0.6 is 0 Å². The predicted molar refractivity (Wildman–Crippen MR) is 228 cm³/mol. The molecule has 0 radical (unpaired) electrons. The van der Waals surface area contributed by atoms with Crippen molar-refractivity contribution >= 4 is 56.3 Å². The molecular formula is C40H38N6O19S2. The lowest BCUT2D eigenvalue weighted by atomic mass is 9.92. The topological polar surface area (TPSA) is 327 Å². The van der Waals surface area contributed by atoms with Crippen LogP contribution in [0.2, 0.25) is 0 Å². The summed E-state index contributed by atoms with van der Waals surface area (Å²) in [6.07, 6.45) is -6.06. The number of carbonyl (C=O) groups excluding carboxylic acids is 4. The zero-order valence-corrected chi connectivity index (χ0v) is 36.2. The highest BCUT2D eigenvalue weighted by molar-refractivity contribution is 7.88. The molecule has 3 N–H and O–H groups in total. The van der Waals surface area contributed by atoms with Crippen LogP contribution in [0.15, 0.2) is 97.1 Å². The zero-order valence-electron chi connectivity index (χ0n) is 34.6. The second-order valence-electron chi connectivity index (χ2n) is 13.2. The highest BCUT2D eigenvalue weighted by atomic mass is 32.2. The summed E-state index contributed by atoms with van der Waals surface area (Å²) < 4.78 is 92.6. The minimum absolute atomic E-state index is 0.139. The predicted octanol–water partition coefficient (Wildman–Crippen LogP) is 3.78. The Morgan fingerprint density at radius 3 is 1.76 bits per heavy atom. The number of nitrogens with one attached hydrogen (secondary N) is 3. The molecule has 5 rings (SSSR count). The van der Waals surface area contributed by atoms with Gasteiger partial charge in [-0.2, -0.15) is 25.9 Å². The van der Waals surface area contributed by atoms with Gasteiger partial charge in [0.05, 0.1) is 23.1 Å². The van der Waals surface area contributed by atoms with Crippen LogP contribution in [-0.4, -0.2) is 108 Å². The molecule has 0 bridgehead atoms. The van der Waals surface area contributed by atoms with Crippen LogP contribution in [0.25, 0.3) is 0 Å². The number of hydrogen-bond acceptors (Lipinski definition) is 19. The molecule has 67 heavy (non-hydrogen) atoms. The Morgan fingerprint density at radius 2 is 1.18 bits per heavy atom. The van der Waals surface area contributed by atoms with Crippen molar-refractivity contribution in [3.05, 3.63) is 140 Å². The third-order valence-electron chi connectivity index (χ3n) is 8.70. The van der Waals surface area contributed by atoms with Crippen molar-refractivity contribution in [1.29, 1.82) is 0 Å². The number of ether oxygens (including phenoxy) is 7. The SMILES string of the molecule is O=C(NS(=O)(=O)N(CCOC(=O)Oc1ccc([N+](=O)[O-])cc1)CCOC(=O)Oc1ccc([N+](=O)[O-])cc1)OCCOCCNS(=O)(=O)NC(=O)OC1Cc2ccccc2C#Cc2ccccc21. The van der Waals surface area contributed by atoms with Crippen LogP contribution in [0.1, 0.15) is 28.4 Å². The average molecular weight is 971 g/mol. The smallest absolute Gasteiger partial charge is 0.446 e. The number of non-ortho nitro benzene ring substituents is 2.